The van der Waals surface area contributed by atoms with Crippen LogP contribution in [0.2, 0.25) is 0 Å². The molecule has 3 heteroatoms. The number of hydrogen-bond acceptors (Lipinski definition) is 2. The Labute approximate surface area is 115 Å². The van der Waals surface area contributed by atoms with Gasteiger partial charge >= 0.3 is 0 Å². The molecule has 0 aliphatic rings. The minimum Gasteiger partial charge on any atom is -0.491 e. The van der Waals surface area contributed by atoms with Crippen molar-refractivity contribution in [2.75, 3.05) is 6.61 Å². The quantitative estimate of drug-likeness (QED) is 0.817. The third kappa shape index (κ3) is 3.37. The van der Waals surface area contributed by atoms with E-state index in [-0.39, 0.29) is 0 Å². The Morgan fingerprint density at radius 1 is 1.26 bits per heavy atom. The van der Waals surface area contributed by atoms with Gasteiger partial charge in [0.2, 0.25) is 0 Å². The summed E-state index contributed by atoms with van der Waals surface area (Å²) < 4.78 is 8.06. The van der Waals surface area contributed by atoms with Gasteiger partial charge in [0.1, 0.15) is 18.2 Å². The molecular weight excluding hydrogens is 236 g/mol. The van der Waals surface area contributed by atoms with Crippen LogP contribution in [0.5, 0.6) is 5.75 Å². The van der Waals surface area contributed by atoms with Crippen molar-refractivity contribution >= 4 is 0 Å². The number of aromatic nitrogens is 2. The van der Waals surface area contributed by atoms with Gasteiger partial charge in [-0.25, -0.2) is 4.98 Å². The van der Waals surface area contributed by atoms with Crippen LogP contribution in [0.15, 0.2) is 30.6 Å². The Morgan fingerprint density at radius 2 is 2.05 bits per heavy atom. The van der Waals surface area contributed by atoms with Crippen LogP contribution in [0.1, 0.15) is 36.7 Å². The summed E-state index contributed by atoms with van der Waals surface area (Å²) in [5, 5.41) is 0. The Bertz CT molecular complexity index is 543. The van der Waals surface area contributed by atoms with E-state index in [0.29, 0.717) is 12.5 Å². The number of rotatable bonds is 5. The minimum atomic E-state index is 0.477. The van der Waals surface area contributed by atoms with Crippen molar-refractivity contribution in [2.24, 2.45) is 0 Å². The molecular formula is C16H22N2O. The minimum absolute atomic E-state index is 0.477. The first-order valence-electron chi connectivity index (χ1n) is 6.79. The molecule has 2 aromatic rings. The summed E-state index contributed by atoms with van der Waals surface area (Å²) in [6, 6.07) is 6.43. The van der Waals surface area contributed by atoms with Gasteiger partial charge in [-0.3, -0.25) is 0 Å². The molecule has 0 bridgehead atoms. The highest BCUT2D eigenvalue weighted by molar-refractivity contribution is 5.39. The molecule has 0 saturated heterocycles. The third-order valence-electron chi connectivity index (χ3n) is 3.30. The van der Waals surface area contributed by atoms with E-state index < -0.39 is 0 Å². The van der Waals surface area contributed by atoms with E-state index in [2.05, 4.69) is 48.5 Å². The zero-order chi connectivity index (χ0) is 13.8. The average Bonchev–Trinajstić information content (AvgIpc) is 2.75. The number of ether oxygens (including phenoxy) is 1. The Hall–Kier alpha value is -1.77. The second-order valence-corrected chi connectivity index (χ2v) is 5.21. The molecule has 1 aromatic carbocycles. The van der Waals surface area contributed by atoms with Gasteiger partial charge in [-0.1, -0.05) is 26.0 Å². The van der Waals surface area contributed by atoms with Gasteiger partial charge < -0.3 is 9.30 Å². The molecule has 0 saturated carbocycles. The first-order chi connectivity index (χ1) is 9.08. The summed E-state index contributed by atoms with van der Waals surface area (Å²) in [7, 11) is 0. The Balaban J connectivity index is 2.03. The maximum atomic E-state index is 5.96. The van der Waals surface area contributed by atoms with E-state index in [1.165, 1.54) is 11.1 Å². The van der Waals surface area contributed by atoms with E-state index in [1.54, 1.807) is 0 Å². The SMILES string of the molecule is Cc1ccc(C(C)C)c(OCCn2ccnc2C)c1. The van der Waals surface area contributed by atoms with Gasteiger partial charge in [-0.2, -0.15) is 0 Å². The molecule has 0 atom stereocenters. The number of hydrogen-bond donors (Lipinski definition) is 0. The van der Waals surface area contributed by atoms with Gasteiger partial charge in [0.25, 0.3) is 0 Å². The predicted octanol–water partition coefficient (Wildman–Crippen LogP) is 3.70. The topological polar surface area (TPSA) is 27.1 Å². The maximum absolute atomic E-state index is 5.96. The summed E-state index contributed by atoms with van der Waals surface area (Å²) in [4.78, 5) is 4.21. The maximum Gasteiger partial charge on any atom is 0.123 e. The Morgan fingerprint density at radius 3 is 2.68 bits per heavy atom. The summed E-state index contributed by atoms with van der Waals surface area (Å²) >= 11 is 0. The highest BCUT2D eigenvalue weighted by Crippen LogP contribution is 2.27. The lowest BCUT2D eigenvalue weighted by Gasteiger charge is -2.15. The fraction of sp³-hybridized carbons (Fsp3) is 0.438. The van der Waals surface area contributed by atoms with Gasteiger partial charge in [0.15, 0.2) is 0 Å². The second kappa shape index (κ2) is 5.91. The van der Waals surface area contributed by atoms with Gasteiger partial charge in [-0.05, 0) is 37.0 Å². The van der Waals surface area contributed by atoms with E-state index >= 15 is 0 Å². The van der Waals surface area contributed by atoms with E-state index in [1.807, 2.05) is 19.3 Å². The molecule has 0 aliphatic heterocycles. The van der Waals surface area contributed by atoms with Crippen molar-refractivity contribution in [3.63, 3.8) is 0 Å². The fourth-order valence-corrected chi connectivity index (χ4v) is 2.14. The van der Waals surface area contributed by atoms with Crippen LogP contribution < -0.4 is 4.74 Å². The fourth-order valence-electron chi connectivity index (χ4n) is 2.14. The summed E-state index contributed by atoms with van der Waals surface area (Å²) in [6.45, 7) is 9.98. The smallest absolute Gasteiger partial charge is 0.123 e. The first kappa shape index (κ1) is 13.7. The number of aryl methyl sites for hydroxylation is 2. The highest BCUT2D eigenvalue weighted by atomic mass is 16.5. The molecule has 0 aliphatic carbocycles. The number of nitrogens with zero attached hydrogens (tertiary/aromatic N) is 2. The number of imidazole rings is 1. The first-order valence-corrected chi connectivity index (χ1v) is 6.79. The molecule has 2 rings (SSSR count). The van der Waals surface area contributed by atoms with Crippen LogP contribution in [-0.2, 0) is 6.54 Å². The molecule has 0 amide bonds. The van der Waals surface area contributed by atoms with Crippen molar-refractivity contribution in [1.29, 1.82) is 0 Å². The molecule has 0 spiro atoms. The molecule has 3 nitrogen and oxygen atoms in total. The molecule has 0 fully saturated rings. The van der Waals surface area contributed by atoms with Gasteiger partial charge in [0, 0.05) is 12.4 Å². The summed E-state index contributed by atoms with van der Waals surface area (Å²) in [5.74, 6) is 2.51. The van der Waals surface area contributed by atoms with Crippen LogP contribution in [0.4, 0.5) is 0 Å². The normalized spacial score (nSPS) is 11.0. The van der Waals surface area contributed by atoms with Gasteiger partial charge in [0.05, 0.1) is 6.54 Å². The molecule has 1 aromatic heterocycles. The average molecular weight is 258 g/mol. The molecule has 0 N–H and O–H groups in total. The van der Waals surface area contributed by atoms with Crippen LogP contribution in [0, 0.1) is 13.8 Å². The van der Waals surface area contributed by atoms with Crippen LogP contribution in [0.25, 0.3) is 0 Å². The van der Waals surface area contributed by atoms with Crippen molar-refractivity contribution in [3.05, 3.63) is 47.5 Å². The summed E-state index contributed by atoms with van der Waals surface area (Å²) in [5.41, 5.74) is 2.51. The highest BCUT2D eigenvalue weighted by Gasteiger charge is 2.08. The van der Waals surface area contributed by atoms with Crippen molar-refractivity contribution in [1.82, 2.24) is 9.55 Å². The second-order valence-electron chi connectivity index (χ2n) is 5.21. The summed E-state index contributed by atoms with van der Waals surface area (Å²) in [6.07, 6.45) is 3.81. The molecule has 0 radical (unpaired) electrons. The van der Waals surface area contributed by atoms with E-state index in [0.717, 1.165) is 18.1 Å². The molecule has 0 unspecified atom stereocenters. The third-order valence-corrected chi connectivity index (χ3v) is 3.30. The lowest BCUT2D eigenvalue weighted by Crippen LogP contribution is -2.10. The lowest BCUT2D eigenvalue weighted by molar-refractivity contribution is 0.293. The molecule has 19 heavy (non-hydrogen) atoms. The number of benzene rings is 1. The lowest BCUT2D eigenvalue weighted by atomic mass is 10.0. The van der Waals surface area contributed by atoms with E-state index in [4.69, 9.17) is 4.74 Å². The monoisotopic (exact) mass is 258 g/mol. The van der Waals surface area contributed by atoms with Crippen LogP contribution in [-0.4, -0.2) is 16.2 Å². The largest absolute Gasteiger partial charge is 0.491 e. The van der Waals surface area contributed by atoms with Crippen molar-refractivity contribution in [2.45, 2.75) is 40.2 Å². The van der Waals surface area contributed by atoms with Gasteiger partial charge in [-0.15, -0.1) is 0 Å². The molecule has 1 heterocycles. The van der Waals surface area contributed by atoms with Crippen LogP contribution in [0.3, 0.4) is 0 Å². The zero-order valence-corrected chi connectivity index (χ0v) is 12.2. The van der Waals surface area contributed by atoms with E-state index in [9.17, 15) is 0 Å². The standard InChI is InChI=1S/C16H22N2O/c1-12(2)15-6-5-13(3)11-16(15)19-10-9-18-8-7-17-14(18)4/h5-8,11-12H,9-10H2,1-4H3. The zero-order valence-electron chi connectivity index (χ0n) is 12.2. The van der Waals surface area contributed by atoms with Crippen LogP contribution >= 0.6 is 0 Å². The predicted molar refractivity (Wildman–Crippen MR) is 77.7 cm³/mol. The van der Waals surface area contributed by atoms with Crippen molar-refractivity contribution in [3.8, 4) is 5.75 Å². The van der Waals surface area contributed by atoms with Crippen molar-refractivity contribution < 1.29 is 4.74 Å². The Kier molecular flexibility index (Phi) is 4.25. The molecule has 102 valence electrons.